The van der Waals surface area contributed by atoms with E-state index in [9.17, 15) is 9.59 Å². The van der Waals surface area contributed by atoms with E-state index in [0.29, 0.717) is 39.3 Å². The van der Waals surface area contributed by atoms with Crippen LogP contribution in [0.5, 0.6) is 0 Å². The smallest absolute Gasteiger partial charge is 0.323 e. The van der Waals surface area contributed by atoms with E-state index in [-0.39, 0.29) is 11.6 Å². The summed E-state index contributed by atoms with van der Waals surface area (Å²) in [6.07, 6.45) is 0. The van der Waals surface area contributed by atoms with Crippen molar-refractivity contribution in [1.29, 1.82) is 0 Å². The zero-order valence-electron chi connectivity index (χ0n) is 18.1. The van der Waals surface area contributed by atoms with Crippen LogP contribution in [0.25, 0.3) is 15.9 Å². The SMILES string of the molecule is Cc1cc2nc(CSc3nc4ccc(NC(=O)Nc5ccc(C)c(Cl)c5)cc4s3)cc(=O)n2o1. The molecule has 0 atom stereocenters. The molecule has 5 rings (SSSR count). The van der Waals surface area contributed by atoms with Crippen LogP contribution >= 0.6 is 34.7 Å². The third kappa shape index (κ3) is 4.79. The topological polar surface area (TPSA) is 102 Å². The number of benzene rings is 2. The van der Waals surface area contributed by atoms with Crippen LogP contribution in [0, 0.1) is 13.8 Å². The van der Waals surface area contributed by atoms with Crippen molar-refractivity contribution in [3.05, 3.63) is 80.9 Å². The predicted octanol–water partition coefficient (Wildman–Crippen LogP) is 6.10. The number of rotatable bonds is 5. The van der Waals surface area contributed by atoms with Crippen molar-refractivity contribution in [2.75, 3.05) is 10.6 Å². The van der Waals surface area contributed by atoms with E-state index in [1.807, 2.05) is 25.1 Å². The summed E-state index contributed by atoms with van der Waals surface area (Å²) < 4.78 is 8.28. The van der Waals surface area contributed by atoms with Crippen LogP contribution in [0.3, 0.4) is 0 Å². The van der Waals surface area contributed by atoms with E-state index in [4.69, 9.17) is 16.1 Å². The summed E-state index contributed by atoms with van der Waals surface area (Å²) in [5, 5.41) is 6.20. The molecule has 0 saturated heterocycles. The van der Waals surface area contributed by atoms with E-state index in [1.165, 1.54) is 33.7 Å². The Morgan fingerprint density at radius 2 is 1.85 bits per heavy atom. The number of hydrogen-bond acceptors (Lipinski definition) is 7. The summed E-state index contributed by atoms with van der Waals surface area (Å²) in [5.41, 5.74) is 3.94. The highest BCUT2D eigenvalue weighted by molar-refractivity contribution is 8.00. The Morgan fingerprint density at radius 1 is 1.09 bits per heavy atom. The number of urea groups is 1. The first-order valence-corrected chi connectivity index (χ1v) is 12.4. The zero-order valence-corrected chi connectivity index (χ0v) is 20.5. The first-order chi connectivity index (χ1) is 16.3. The molecular weight excluding hydrogens is 494 g/mol. The van der Waals surface area contributed by atoms with E-state index in [1.54, 1.807) is 31.2 Å². The number of anilines is 2. The fraction of sp³-hybridized carbons (Fsp3) is 0.130. The molecule has 0 spiro atoms. The maximum atomic E-state index is 12.4. The van der Waals surface area contributed by atoms with Gasteiger partial charge in [0.15, 0.2) is 9.99 Å². The van der Waals surface area contributed by atoms with Crippen molar-refractivity contribution in [1.82, 2.24) is 14.5 Å². The Labute approximate surface area is 206 Å². The predicted molar refractivity (Wildman–Crippen MR) is 136 cm³/mol. The molecule has 172 valence electrons. The fourth-order valence-electron chi connectivity index (χ4n) is 3.29. The minimum Gasteiger partial charge on any atom is -0.375 e. The maximum absolute atomic E-state index is 12.4. The molecule has 8 nitrogen and oxygen atoms in total. The molecule has 2 amide bonds. The molecule has 0 radical (unpaired) electrons. The van der Waals surface area contributed by atoms with Crippen LogP contribution in [0.15, 0.2) is 62.2 Å². The van der Waals surface area contributed by atoms with Gasteiger partial charge in [-0.3, -0.25) is 4.79 Å². The molecule has 0 bridgehead atoms. The van der Waals surface area contributed by atoms with Gasteiger partial charge in [0.2, 0.25) is 0 Å². The highest BCUT2D eigenvalue weighted by Gasteiger charge is 2.11. The third-order valence-corrected chi connectivity index (χ3v) is 7.53. The Morgan fingerprint density at radius 3 is 2.65 bits per heavy atom. The summed E-state index contributed by atoms with van der Waals surface area (Å²) in [6.45, 7) is 3.67. The summed E-state index contributed by atoms with van der Waals surface area (Å²) >= 11 is 9.13. The largest absolute Gasteiger partial charge is 0.375 e. The van der Waals surface area contributed by atoms with Crippen molar-refractivity contribution in [3.63, 3.8) is 0 Å². The highest BCUT2D eigenvalue weighted by Crippen LogP contribution is 2.32. The van der Waals surface area contributed by atoms with Gasteiger partial charge in [0.05, 0.1) is 15.9 Å². The third-order valence-electron chi connectivity index (χ3n) is 4.92. The standard InChI is InChI=1S/C23H18ClN5O3S2/c1-12-3-4-14(8-17(12)24)26-22(31)27-15-5-6-18-19(9-15)34-23(28-18)33-11-16-10-21(30)29-20(25-16)7-13(2)32-29/h3-10H,11H2,1-2H3,(H2,26,27,31). The summed E-state index contributed by atoms with van der Waals surface area (Å²) in [6, 6.07) is 13.7. The van der Waals surface area contributed by atoms with Crippen molar-refractivity contribution >= 4 is 68.0 Å². The van der Waals surface area contributed by atoms with Gasteiger partial charge in [-0.1, -0.05) is 29.4 Å². The highest BCUT2D eigenvalue weighted by atomic mass is 35.5. The van der Waals surface area contributed by atoms with Crippen molar-refractivity contribution in [2.24, 2.45) is 0 Å². The Kier molecular flexibility index (Phi) is 6.03. The van der Waals surface area contributed by atoms with E-state index < -0.39 is 0 Å². The number of fused-ring (bicyclic) bond motifs is 2. The minimum absolute atomic E-state index is 0.250. The molecule has 5 aromatic rings. The van der Waals surface area contributed by atoms with Gasteiger partial charge in [-0.2, -0.15) is 0 Å². The monoisotopic (exact) mass is 511 g/mol. The van der Waals surface area contributed by atoms with Crippen molar-refractivity contribution < 1.29 is 9.32 Å². The molecule has 3 aromatic heterocycles. The van der Waals surface area contributed by atoms with E-state index in [2.05, 4.69) is 20.6 Å². The Bertz CT molecular complexity index is 1610. The average Bonchev–Trinajstić information content (AvgIpc) is 3.37. The molecule has 2 N–H and O–H groups in total. The number of nitrogens with one attached hydrogen (secondary N) is 2. The lowest BCUT2D eigenvalue weighted by atomic mass is 10.2. The molecule has 0 fully saturated rings. The van der Waals surface area contributed by atoms with Gasteiger partial charge in [-0.05, 0) is 49.7 Å². The number of hydrogen-bond donors (Lipinski definition) is 2. The Hall–Kier alpha value is -3.34. The number of thiazole rings is 1. The second-order valence-electron chi connectivity index (χ2n) is 7.58. The number of amides is 2. The van der Waals surface area contributed by atoms with Gasteiger partial charge in [-0.25, -0.2) is 14.8 Å². The molecule has 2 aromatic carbocycles. The molecule has 0 aliphatic heterocycles. The number of nitrogens with zero attached hydrogens (tertiary/aromatic N) is 3. The quantitative estimate of drug-likeness (QED) is 0.276. The van der Waals surface area contributed by atoms with Crippen LogP contribution in [-0.4, -0.2) is 20.6 Å². The number of carbonyl (C=O) groups excluding carboxylic acids is 1. The van der Waals surface area contributed by atoms with Gasteiger partial charge in [-0.15, -0.1) is 15.9 Å². The molecule has 3 heterocycles. The number of halogens is 1. The zero-order chi connectivity index (χ0) is 23.8. The molecule has 0 unspecified atom stereocenters. The maximum Gasteiger partial charge on any atom is 0.323 e. The number of thioether (sulfide) groups is 1. The molecule has 0 aliphatic carbocycles. The van der Waals surface area contributed by atoms with Gasteiger partial charge < -0.3 is 15.2 Å². The molecular formula is C23H18ClN5O3S2. The van der Waals surface area contributed by atoms with Crippen molar-refractivity contribution in [2.45, 2.75) is 23.9 Å². The lowest BCUT2D eigenvalue weighted by Crippen LogP contribution is -2.19. The van der Waals surface area contributed by atoms with Gasteiger partial charge in [0, 0.05) is 34.3 Å². The Balaban J connectivity index is 1.26. The first kappa shape index (κ1) is 22.5. The second kappa shape index (κ2) is 9.13. The lowest BCUT2D eigenvalue weighted by molar-refractivity contribution is 0.262. The van der Waals surface area contributed by atoms with E-state index >= 15 is 0 Å². The summed E-state index contributed by atoms with van der Waals surface area (Å²) in [4.78, 5) is 33.7. The van der Waals surface area contributed by atoms with Gasteiger partial charge >= 0.3 is 6.03 Å². The lowest BCUT2D eigenvalue weighted by Gasteiger charge is -2.08. The first-order valence-electron chi connectivity index (χ1n) is 10.2. The second-order valence-corrected chi connectivity index (χ2v) is 10.2. The van der Waals surface area contributed by atoms with Gasteiger partial charge in [0.1, 0.15) is 5.76 Å². The summed E-state index contributed by atoms with van der Waals surface area (Å²) in [5.74, 6) is 1.13. The fourth-order valence-corrected chi connectivity index (χ4v) is 5.47. The molecule has 11 heteroatoms. The van der Waals surface area contributed by atoms with Crippen LogP contribution in [0.1, 0.15) is 17.0 Å². The molecule has 34 heavy (non-hydrogen) atoms. The number of aromatic nitrogens is 3. The minimum atomic E-state index is -0.361. The molecule has 0 saturated carbocycles. The van der Waals surface area contributed by atoms with Crippen LogP contribution in [0.4, 0.5) is 16.2 Å². The summed E-state index contributed by atoms with van der Waals surface area (Å²) in [7, 11) is 0. The molecule has 0 aliphatic rings. The van der Waals surface area contributed by atoms with Crippen molar-refractivity contribution in [3.8, 4) is 0 Å². The normalized spacial score (nSPS) is 11.3. The number of aryl methyl sites for hydroxylation is 2. The number of carbonyl (C=O) groups is 1. The average molecular weight is 512 g/mol. The van der Waals surface area contributed by atoms with Crippen LogP contribution in [0.2, 0.25) is 5.02 Å². The van der Waals surface area contributed by atoms with E-state index in [0.717, 1.165) is 20.1 Å². The van der Waals surface area contributed by atoms with Crippen LogP contribution < -0.4 is 16.2 Å². The van der Waals surface area contributed by atoms with Crippen LogP contribution in [-0.2, 0) is 5.75 Å². The van der Waals surface area contributed by atoms with Gasteiger partial charge in [0.25, 0.3) is 5.56 Å².